The Morgan fingerprint density at radius 3 is 2.15 bits per heavy atom. The van der Waals surface area contributed by atoms with E-state index in [0.29, 0.717) is 11.4 Å². The summed E-state index contributed by atoms with van der Waals surface area (Å²) in [6, 6.07) is 9.61. The summed E-state index contributed by atoms with van der Waals surface area (Å²) in [5, 5.41) is 0. The fourth-order valence-electron chi connectivity index (χ4n) is 3.92. The van der Waals surface area contributed by atoms with Gasteiger partial charge in [-0.3, -0.25) is 9.80 Å². The predicted molar refractivity (Wildman–Crippen MR) is 102 cm³/mol. The van der Waals surface area contributed by atoms with Crippen LogP contribution < -0.4 is 4.74 Å². The molecule has 0 unspecified atom stereocenters. The van der Waals surface area contributed by atoms with Gasteiger partial charge in [-0.25, -0.2) is 9.97 Å². The number of methoxy groups -OCH3 is 1. The van der Waals surface area contributed by atoms with Gasteiger partial charge in [-0.1, -0.05) is 29.8 Å². The van der Waals surface area contributed by atoms with Crippen molar-refractivity contribution in [3.8, 4) is 6.01 Å². The third kappa shape index (κ3) is 3.89. The molecule has 0 spiro atoms. The number of ether oxygens (including phenoxy) is 1. The Kier molecular flexibility index (Phi) is 4.92. The number of rotatable bonds is 6. The summed E-state index contributed by atoms with van der Waals surface area (Å²) in [6.07, 6.45) is 6.41. The zero-order valence-corrected chi connectivity index (χ0v) is 15.8. The van der Waals surface area contributed by atoms with Crippen molar-refractivity contribution >= 4 is 0 Å². The first-order valence-electron chi connectivity index (χ1n) is 9.54. The highest BCUT2D eigenvalue weighted by atomic mass is 16.5. The Labute approximate surface area is 156 Å². The molecule has 4 rings (SSSR count). The molecule has 1 aromatic heterocycles. The highest BCUT2D eigenvalue weighted by molar-refractivity contribution is 5.34. The van der Waals surface area contributed by atoms with Crippen molar-refractivity contribution in [1.82, 2.24) is 19.8 Å². The maximum atomic E-state index is 5.03. The lowest BCUT2D eigenvalue weighted by molar-refractivity contribution is 0.118. The number of nitrogens with zero attached hydrogens (tertiary/aromatic N) is 4. The van der Waals surface area contributed by atoms with Crippen LogP contribution in [0.4, 0.5) is 0 Å². The summed E-state index contributed by atoms with van der Waals surface area (Å²) in [5.41, 5.74) is 4.44. The van der Waals surface area contributed by atoms with Crippen LogP contribution in [0.15, 0.2) is 36.7 Å². The second kappa shape index (κ2) is 7.33. The van der Waals surface area contributed by atoms with Crippen LogP contribution in [0.25, 0.3) is 0 Å². The number of benzene rings is 1. The lowest BCUT2D eigenvalue weighted by Gasteiger charge is -2.36. The summed E-state index contributed by atoms with van der Waals surface area (Å²) in [6.45, 7) is 8.79. The average molecular weight is 352 g/mol. The average Bonchev–Trinajstić information content (AvgIpc) is 3.45. The van der Waals surface area contributed by atoms with Crippen LogP contribution in [0, 0.1) is 6.92 Å². The number of hydrogen-bond acceptors (Lipinski definition) is 5. The van der Waals surface area contributed by atoms with Gasteiger partial charge in [-0.15, -0.1) is 0 Å². The normalized spacial score (nSPS) is 20.1. The van der Waals surface area contributed by atoms with E-state index in [1.54, 1.807) is 7.11 Å². The van der Waals surface area contributed by atoms with Gasteiger partial charge < -0.3 is 4.74 Å². The molecule has 1 saturated carbocycles. The second-order valence-electron chi connectivity index (χ2n) is 7.78. The van der Waals surface area contributed by atoms with E-state index < -0.39 is 0 Å². The number of aryl methyl sites for hydroxylation is 1. The Balaban J connectivity index is 1.29. The van der Waals surface area contributed by atoms with Crippen LogP contribution in [0.5, 0.6) is 6.01 Å². The Hall–Kier alpha value is -1.98. The van der Waals surface area contributed by atoms with Gasteiger partial charge in [-0.05, 0) is 25.3 Å². The van der Waals surface area contributed by atoms with E-state index in [1.807, 2.05) is 12.4 Å². The lowest BCUT2D eigenvalue weighted by atomic mass is 9.94. The highest BCUT2D eigenvalue weighted by Gasteiger charge is 2.45. The van der Waals surface area contributed by atoms with Crippen LogP contribution >= 0.6 is 0 Å². The minimum atomic E-state index is 0.416. The fraction of sp³-hybridized carbons (Fsp3) is 0.524. The van der Waals surface area contributed by atoms with Crippen LogP contribution in [0.2, 0.25) is 0 Å². The summed E-state index contributed by atoms with van der Waals surface area (Å²) >= 11 is 0. The molecule has 1 aromatic carbocycles. The first-order chi connectivity index (χ1) is 12.7. The molecule has 0 N–H and O–H groups in total. The first-order valence-corrected chi connectivity index (χ1v) is 9.54. The van der Waals surface area contributed by atoms with Crippen molar-refractivity contribution in [3.05, 3.63) is 53.3 Å². The molecule has 2 heterocycles. The van der Waals surface area contributed by atoms with E-state index in [4.69, 9.17) is 4.74 Å². The van der Waals surface area contributed by atoms with Crippen LogP contribution in [-0.2, 0) is 12.0 Å². The maximum absolute atomic E-state index is 5.03. The third-order valence-electron chi connectivity index (χ3n) is 5.78. The summed E-state index contributed by atoms with van der Waals surface area (Å²) in [7, 11) is 1.59. The van der Waals surface area contributed by atoms with E-state index in [-0.39, 0.29) is 0 Å². The maximum Gasteiger partial charge on any atom is 0.316 e. The highest BCUT2D eigenvalue weighted by Crippen LogP contribution is 2.48. The standard InChI is InChI=1S/C21H28N4O/c1-17-3-5-19(6-4-17)21(7-8-21)16-25-11-9-24(10-12-25)15-18-13-22-20(26-2)23-14-18/h3-6,13-14H,7-12,15-16H2,1-2H3. The van der Waals surface area contributed by atoms with Gasteiger partial charge in [0.2, 0.25) is 0 Å². The molecule has 138 valence electrons. The van der Waals surface area contributed by atoms with Crippen molar-refractivity contribution in [2.75, 3.05) is 39.8 Å². The Morgan fingerprint density at radius 1 is 0.962 bits per heavy atom. The smallest absolute Gasteiger partial charge is 0.316 e. The van der Waals surface area contributed by atoms with Gasteiger partial charge in [-0.2, -0.15) is 0 Å². The van der Waals surface area contributed by atoms with Gasteiger partial charge in [0, 0.05) is 62.6 Å². The monoisotopic (exact) mass is 352 g/mol. The van der Waals surface area contributed by atoms with E-state index >= 15 is 0 Å². The molecule has 2 aromatic rings. The van der Waals surface area contributed by atoms with Crippen LogP contribution in [0.1, 0.15) is 29.5 Å². The zero-order chi connectivity index (χ0) is 18.0. The van der Waals surface area contributed by atoms with Gasteiger partial charge >= 0.3 is 6.01 Å². The molecule has 1 aliphatic carbocycles. The Bertz CT molecular complexity index is 717. The predicted octanol–water partition coefficient (Wildman–Crippen LogP) is 2.64. The van der Waals surface area contributed by atoms with E-state index in [9.17, 15) is 0 Å². The minimum absolute atomic E-state index is 0.416. The Morgan fingerprint density at radius 2 is 1.58 bits per heavy atom. The molecule has 1 saturated heterocycles. The molecule has 2 aliphatic rings. The van der Waals surface area contributed by atoms with Gasteiger partial charge in [0.05, 0.1) is 7.11 Å². The quantitative estimate of drug-likeness (QED) is 0.799. The number of aromatic nitrogens is 2. The molecule has 2 fully saturated rings. The van der Waals surface area contributed by atoms with Gasteiger partial charge in [0.15, 0.2) is 0 Å². The van der Waals surface area contributed by atoms with Crippen molar-refractivity contribution in [1.29, 1.82) is 0 Å². The molecule has 1 aliphatic heterocycles. The van der Waals surface area contributed by atoms with Gasteiger partial charge in [0.25, 0.3) is 0 Å². The summed E-state index contributed by atoms with van der Waals surface area (Å²) < 4.78 is 5.03. The molecule has 5 heteroatoms. The van der Waals surface area contributed by atoms with Crippen molar-refractivity contribution in [3.63, 3.8) is 0 Å². The van der Waals surface area contributed by atoms with Crippen molar-refractivity contribution in [2.24, 2.45) is 0 Å². The minimum Gasteiger partial charge on any atom is -0.467 e. The largest absolute Gasteiger partial charge is 0.467 e. The molecule has 0 amide bonds. The van der Waals surface area contributed by atoms with E-state index in [1.165, 1.54) is 30.5 Å². The lowest BCUT2D eigenvalue weighted by Crippen LogP contribution is -2.48. The van der Waals surface area contributed by atoms with Crippen molar-refractivity contribution < 1.29 is 4.74 Å². The fourth-order valence-corrected chi connectivity index (χ4v) is 3.92. The van der Waals surface area contributed by atoms with E-state index in [2.05, 4.69) is 51.0 Å². The SMILES string of the molecule is COc1ncc(CN2CCN(CC3(c4ccc(C)cc4)CC3)CC2)cn1. The van der Waals surface area contributed by atoms with Crippen molar-refractivity contribution in [2.45, 2.75) is 31.7 Å². The molecule has 0 atom stereocenters. The zero-order valence-electron chi connectivity index (χ0n) is 15.8. The topological polar surface area (TPSA) is 41.5 Å². The molecular weight excluding hydrogens is 324 g/mol. The molecular formula is C21H28N4O. The van der Waals surface area contributed by atoms with Gasteiger partial charge in [0.1, 0.15) is 0 Å². The summed E-state index contributed by atoms with van der Waals surface area (Å²) in [4.78, 5) is 13.5. The van der Waals surface area contributed by atoms with E-state index in [0.717, 1.165) is 38.3 Å². The third-order valence-corrected chi connectivity index (χ3v) is 5.78. The second-order valence-corrected chi connectivity index (χ2v) is 7.78. The molecule has 5 nitrogen and oxygen atoms in total. The number of hydrogen-bond donors (Lipinski definition) is 0. The van der Waals surface area contributed by atoms with Crippen LogP contribution in [-0.4, -0.2) is 59.6 Å². The first kappa shape index (κ1) is 17.4. The molecule has 0 radical (unpaired) electrons. The summed E-state index contributed by atoms with van der Waals surface area (Å²) in [5.74, 6) is 0. The number of piperazine rings is 1. The van der Waals surface area contributed by atoms with Crippen LogP contribution in [0.3, 0.4) is 0 Å². The molecule has 26 heavy (non-hydrogen) atoms. The molecule has 0 bridgehead atoms.